The molecule has 0 spiro atoms. The van der Waals surface area contributed by atoms with Crippen molar-refractivity contribution in [2.24, 2.45) is 0 Å². The van der Waals surface area contributed by atoms with Crippen LogP contribution in [0.3, 0.4) is 0 Å². The van der Waals surface area contributed by atoms with Crippen LogP contribution in [0.4, 0.5) is 4.79 Å². The first-order valence-corrected chi connectivity index (χ1v) is 8.95. The summed E-state index contributed by atoms with van der Waals surface area (Å²) in [4.78, 5) is 12.1. The molecule has 0 radical (unpaired) electrons. The van der Waals surface area contributed by atoms with Crippen molar-refractivity contribution in [3.8, 4) is 0 Å². The predicted molar refractivity (Wildman–Crippen MR) is 87.7 cm³/mol. The Hall–Kier alpha value is -1.17. The molecule has 1 fully saturated rings. The highest BCUT2D eigenvalue weighted by atomic mass is 32.2. The summed E-state index contributed by atoms with van der Waals surface area (Å²) in [7, 11) is 0. The molecule has 0 saturated heterocycles. The van der Waals surface area contributed by atoms with Gasteiger partial charge in [-0.3, -0.25) is 4.68 Å². The van der Waals surface area contributed by atoms with Crippen LogP contribution >= 0.6 is 11.8 Å². The molecule has 0 unspecified atom stereocenters. The van der Waals surface area contributed by atoms with Crippen molar-refractivity contribution >= 4 is 17.8 Å². The van der Waals surface area contributed by atoms with Gasteiger partial charge in [-0.25, -0.2) is 4.79 Å². The second-order valence-electron chi connectivity index (χ2n) is 5.60. The fraction of sp³-hybridized carbons (Fsp3) is 0.733. The van der Waals surface area contributed by atoms with Crippen molar-refractivity contribution in [1.82, 2.24) is 20.4 Å². The van der Waals surface area contributed by atoms with E-state index in [0.29, 0.717) is 17.8 Å². The molecule has 2 N–H and O–H groups in total. The summed E-state index contributed by atoms with van der Waals surface area (Å²) in [5.41, 5.74) is 3.26. The van der Waals surface area contributed by atoms with E-state index in [9.17, 15) is 4.79 Å². The molecule has 1 heterocycles. The molecule has 21 heavy (non-hydrogen) atoms. The highest BCUT2D eigenvalue weighted by molar-refractivity contribution is 7.99. The Bertz CT molecular complexity index is 500. The van der Waals surface area contributed by atoms with Crippen LogP contribution in [0, 0.1) is 13.8 Å². The van der Waals surface area contributed by atoms with Crippen molar-refractivity contribution in [3.05, 3.63) is 17.0 Å². The van der Waals surface area contributed by atoms with Crippen LogP contribution in [0.15, 0.2) is 0 Å². The van der Waals surface area contributed by atoms with E-state index in [1.165, 1.54) is 12.8 Å². The van der Waals surface area contributed by atoms with Gasteiger partial charge in [-0.15, -0.1) is 0 Å². The summed E-state index contributed by atoms with van der Waals surface area (Å²) >= 11 is 1.85. The van der Waals surface area contributed by atoms with Crippen LogP contribution in [-0.2, 0) is 13.1 Å². The van der Waals surface area contributed by atoms with E-state index in [2.05, 4.69) is 35.8 Å². The lowest BCUT2D eigenvalue weighted by Crippen LogP contribution is -2.44. The lowest BCUT2D eigenvalue weighted by molar-refractivity contribution is 0.237. The molecule has 1 aromatic rings. The molecule has 6 heteroatoms. The number of nitrogens with zero attached hydrogens (tertiary/aromatic N) is 2. The van der Waals surface area contributed by atoms with Gasteiger partial charge >= 0.3 is 6.03 Å². The Morgan fingerprint density at radius 2 is 2.19 bits per heavy atom. The first-order chi connectivity index (χ1) is 10.1. The van der Waals surface area contributed by atoms with Crippen LogP contribution in [0.25, 0.3) is 0 Å². The van der Waals surface area contributed by atoms with Crippen molar-refractivity contribution < 1.29 is 4.79 Å². The monoisotopic (exact) mass is 310 g/mol. The highest BCUT2D eigenvalue weighted by Gasteiger charge is 2.27. The second kappa shape index (κ2) is 7.20. The Kier molecular flexibility index (Phi) is 5.56. The number of hydrogen-bond acceptors (Lipinski definition) is 3. The Labute approximate surface area is 131 Å². The van der Waals surface area contributed by atoms with Gasteiger partial charge in [0, 0.05) is 35.6 Å². The minimum atomic E-state index is -0.0657. The first kappa shape index (κ1) is 16.2. The van der Waals surface area contributed by atoms with Gasteiger partial charge < -0.3 is 10.6 Å². The third-order valence-electron chi connectivity index (χ3n) is 4.33. The van der Waals surface area contributed by atoms with Crippen molar-refractivity contribution in [2.45, 2.75) is 64.4 Å². The van der Waals surface area contributed by atoms with Crippen molar-refractivity contribution in [2.75, 3.05) is 6.26 Å². The number of hydrogen-bond donors (Lipinski definition) is 2. The molecule has 1 aliphatic carbocycles. The third kappa shape index (κ3) is 3.73. The van der Waals surface area contributed by atoms with Crippen molar-refractivity contribution in [1.29, 1.82) is 0 Å². The van der Waals surface area contributed by atoms with Gasteiger partial charge in [-0.2, -0.15) is 16.9 Å². The van der Waals surface area contributed by atoms with Gasteiger partial charge in [0.15, 0.2) is 0 Å². The van der Waals surface area contributed by atoms with Gasteiger partial charge in [-0.1, -0.05) is 6.42 Å². The molecule has 2 atom stereocenters. The van der Waals surface area contributed by atoms with Gasteiger partial charge in [0.1, 0.15) is 0 Å². The summed E-state index contributed by atoms with van der Waals surface area (Å²) < 4.78 is 1.98. The molecule has 1 aliphatic rings. The maximum Gasteiger partial charge on any atom is 0.315 e. The standard InChI is InChI=1S/C15H26N4OS/c1-5-19-11(3)12(10(2)18-19)9-16-15(20)17-13-7-6-8-14(13)21-4/h13-14H,5-9H2,1-4H3,(H2,16,17,20)/t13-,14+/m0/s1. The van der Waals surface area contributed by atoms with E-state index >= 15 is 0 Å². The molecular weight excluding hydrogens is 284 g/mol. The summed E-state index contributed by atoms with van der Waals surface area (Å²) in [5, 5.41) is 11.1. The molecule has 0 aromatic carbocycles. The molecule has 5 nitrogen and oxygen atoms in total. The lowest BCUT2D eigenvalue weighted by atomic mass is 10.2. The van der Waals surface area contributed by atoms with Crippen LogP contribution in [0.1, 0.15) is 43.1 Å². The summed E-state index contributed by atoms with van der Waals surface area (Å²) in [6, 6.07) is 0.240. The van der Waals surface area contributed by atoms with E-state index in [1.54, 1.807) is 0 Å². The number of urea groups is 1. The number of aromatic nitrogens is 2. The highest BCUT2D eigenvalue weighted by Crippen LogP contribution is 2.28. The maximum absolute atomic E-state index is 12.1. The number of thioether (sulfide) groups is 1. The number of carbonyl (C=O) groups is 1. The maximum atomic E-state index is 12.1. The summed E-state index contributed by atoms with van der Waals surface area (Å²) in [6.07, 6.45) is 5.62. The smallest absolute Gasteiger partial charge is 0.315 e. The van der Waals surface area contributed by atoms with Crippen LogP contribution in [0.2, 0.25) is 0 Å². The minimum Gasteiger partial charge on any atom is -0.334 e. The Morgan fingerprint density at radius 1 is 1.43 bits per heavy atom. The van der Waals surface area contributed by atoms with Crippen LogP contribution < -0.4 is 10.6 Å². The second-order valence-corrected chi connectivity index (χ2v) is 6.68. The molecule has 2 amide bonds. The number of aryl methyl sites for hydroxylation is 2. The van der Waals surface area contributed by atoms with E-state index in [-0.39, 0.29) is 6.03 Å². The number of rotatable bonds is 5. The summed E-state index contributed by atoms with van der Waals surface area (Å²) in [5.74, 6) is 0. The zero-order valence-corrected chi connectivity index (χ0v) is 14.2. The quantitative estimate of drug-likeness (QED) is 0.879. The summed E-state index contributed by atoms with van der Waals surface area (Å²) in [6.45, 7) is 7.52. The molecule has 0 aliphatic heterocycles. The normalized spacial score (nSPS) is 21.5. The van der Waals surface area contributed by atoms with Crippen LogP contribution in [0.5, 0.6) is 0 Å². The number of nitrogens with one attached hydrogen (secondary N) is 2. The molecule has 118 valence electrons. The lowest BCUT2D eigenvalue weighted by Gasteiger charge is -2.19. The SMILES string of the molecule is CCn1nc(C)c(CNC(=O)N[C@H]2CCC[C@H]2SC)c1C. The predicted octanol–water partition coefficient (Wildman–Crippen LogP) is 2.60. The largest absolute Gasteiger partial charge is 0.334 e. The molecule has 2 rings (SSSR count). The molecular formula is C15H26N4OS. The van der Waals surface area contributed by atoms with Gasteiger partial charge in [0.05, 0.1) is 5.69 Å². The molecule has 1 saturated carbocycles. The topological polar surface area (TPSA) is 59.0 Å². The zero-order chi connectivity index (χ0) is 15.4. The van der Waals surface area contributed by atoms with E-state index in [4.69, 9.17) is 0 Å². The van der Waals surface area contributed by atoms with E-state index in [1.807, 2.05) is 23.4 Å². The van der Waals surface area contributed by atoms with Gasteiger partial charge in [0.25, 0.3) is 0 Å². The number of amides is 2. The van der Waals surface area contributed by atoms with E-state index in [0.717, 1.165) is 29.9 Å². The third-order valence-corrected chi connectivity index (χ3v) is 5.50. The minimum absolute atomic E-state index is 0.0657. The fourth-order valence-electron chi connectivity index (χ4n) is 3.06. The molecule has 0 bridgehead atoms. The molecule has 1 aromatic heterocycles. The first-order valence-electron chi connectivity index (χ1n) is 7.66. The number of carbonyl (C=O) groups excluding carboxylic acids is 1. The van der Waals surface area contributed by atoms with Gasteiger partial charge in [-0.05, 0) is 39.9 Å². The van der Waals surface area contributed by atoms with Crippen molar-refractivity contribution in [3.63, 3.8) is 0 Å². The zero-order valence-electron chi connectivity index (χ0n) is 13.4. The van der Waals surface area contributed by atoms with E-state index < -0.39 is 0 Å². The Morgan fingerprint density at radius 3 is 2.81 bits per heavy atom. The van der Waals surface area contributed by atoms with Crippen LogP contribution in [-0.4, -0.2) is 33.4 Å². The van der Waals surface area contributed by atoms with Gasteiger partial charge in [0.2, 0.25) is 0 Å². The average Bonchev–Trinajstić information content (AvgIpc) is 3.01. The Balaban J connectivity index is 1.88. The average molecular weight is 310 g/mol. The fourth-order valence-corrected chi connectivity index (χ4v) is 3.99.